The van der Waals surface area contributed by atoms with Crippen LogP contribution in [0.1, 0.15) is 13.8 Å². The van der Waals surface area contributed by atoms with E-state index in [2.05, 4.69) is 15.3 Å². The molecule has 0 saturated heterocycles. The largest absolute Gasteiger partial charge is 0.395 e. The van der Waals surface area contributed by atoms with Gasteiger partial charge in [-0.25, -0.2) is 9.97 Å². The molecule has 0 aliphatic rings. The van der Waals surface area contributed by atoms with Gasteiger partial charge in [0.15, 0.2) is 0 Å². The van der Waals surface area contributed by atoms with Crippen LogP contribution in [-0.4, -0.2) is 28.2 Å². The van der Waals surface area contributed by atoms with Crippen molar-refractivity contribution in [3.05, 3.63) is 17.5 Å². The molecular weight excluding hydrogens is 190 g/mol. The van der Waals surface area contributed by atoms with Gasteiger partial charge in [0, 0.05) is 12.6 Å². The van der Waals surface area contributed by atoms with E-state index in [4.69, 9.17) is 16.7 Å². The highest BCUT2D eigenvalue weighted by Gasteiger charge is 1.93. The van der Waals surface area contributed by atoms with Gasteiger partial charge in [-0.05, 0) is 0 Å². The third-order valence-corrected chi connectivity index (χ3v) is 1.26. The van der Waals surface area contributed by atoms with E-state index in [1.807, 2.05) is 13.8 Å². The minimum absolute atomic E-state index is 0.0711. The number of aliphatic hydroxyl groups excluding tert-OH is 1. The molecule has 0 saturated carbocycles. The Morgan fingerprint density at radius 2 is 2.15 bits per heavy atom. The fourth-order valence-corrected chi connectivity index (χ4v) is 0.761. The number of aliphatic hydroxyl groups is 1. The molecule has 1 aromatic heterocycles. The predicted octanol–water partition coefficient (Wildman–Crippen LogP) is 1.56. The van der Waals surface area contributed by atoms with Crippen molar-refractivity contribution < 1.29 is 5.11 Å². The van der Waals surface area contributed by atoms with Gasteiger partial charge in [-0.3, -0.25) is 0 Å². The summed E-state index contributed by atoms with van der Waals surface area (Å²) in [6, 6.07) is 1.59. The lowest BCUT2D eigenvalue weighted by molar-refractivity contribution is 0.311. The van der Waals surface area contributed by atoms with E-state index >= 15 is 0 Å². The molecule has 5 heteroatoms. The Kier molecular flexibility index (Phi) is 7.24. The summed E-state index contributed by atoms with van der Waals surface area (Å²) >= 11 is 5.57. The Morgan fingerprint density at radius 3 is 2.69 bits per heavy atom. The maximum Gasteiger partial charge on any atom is 0.134 e. The summed E-state index contributed by atoms with van der Waals surface area (Å²) in [5, 5.41) is 11.7. The number of nitrogens with one attached hydrogen (secondary N) is 1. The van der Waals surface area contributed by atoms with Crippen LogP contribution >= 0.6 is 11.6 Å². The number of hydrogen-bond donors (Lipinski definition) is 2. The standard InChI is InChI=1S/C6H8ClN3O.C2H6/c7-5-3-6(8-1-2-11)10-4-9-5;1-2/h3-4,11H,1-2H2,(H,8,9,10);1-2H3. The second kappa shape index (κ2) is 7.76. The highest BCUT2D eigenvalue weighted by molar-refractivity contribution is 6.29. The molecule has 2 N–H and O–H groups in total. The van der Waals surface area contributed by atoms with Crippen LogP contribution in [0.15, 0.2) is 12.4 Å². The fraction of sp³-hybridized carbons (Fsp3) is 0.500. The molecule has 0 fully saturated rings. The first-order chi connectivity index (χ1) is 6.33. The predicted molar refractivity (Wildman–Crippen MR) is 54.0 cm³/mol. The summed E-state index contributed by atoms with van der Waals surface area (Å²) < 4.78 is 0. The van der Waals surface area contributed by atoms with E-state index in [0.717, 1.165) is 0 Å². The summed E-state index contributed by atoms with van der Waals surface area (Å²) in [5.41, 5.74) is 0. The van der Waals surface area contributed by atoms with Gasteiger partial charge < -0.3 is 10.4 Å². The average Bonchev–Trinajstić information content (AvgIpc) is 2.18. The highest BCUT2D eigenvalue weighted by atomic mass is 35.5. The molecule has 1 heterocycles. The number of rotatable bonds is 3. The Bertz CT molecular complexity index is 232. The Morgan fingerprint density at radius 1 is 1.46 bits per heavy atom. The van der Waals surface area contributed by atoms with Gasteiger partial charge >= 0.3 is 0 Å². The van der Waals surface area contributed by atoms with Gasteiger partial charge in [0.25, 0.3) is 0 Å². The Balaban J connectivity index is 0.000000671. The van der Waals surface area contributed by atoms with Crippen molar-refractivity contribution in [3.8, 4) is 0 Å². The van der Waals surface area contributed by atoms with E-state index in [1.54, 1.807) is 6.07 Å². The van der Waals surface area contributed by atoms with Crippen molar-refractivity contribution in [3.63, 3.8) is 0 Å². The maximum atomic E-state index is 8.46. The zero-order valence-corrected chi connectivity index (χ0v) is 8.54. The zero-order valence-electron chi connectivity index (χ0n) is 7.79. The van der Waals surface area contributed by atoms with Crippen molar-refractivity contribution >= 4 is 17.4 Å². The quantitative estimate of drug-likeness (QED) is 0.733. The van der Waals surface area contributed by atoms with Crippen molar-refractivity contribution in [2.75, 3.05) is 18.5 Å². The zero-order chi connectivity index (χ0) is 10.1. The minimum Gasteiger partial charge on any atom is -0.395 e. The molecule has 0 aromatic carbocycles. The van der Waals surface area contributed by atoms with Gasteiger partial charge in [0.1, 0.15) is 17.3 Å². The van der Waals surface area contributed by atoms with Gasteiger partial charge in [0.05, 0.1) is 6.61 Å². The summed E-state index contributed by atoms with van der Waals surface area (Å²) in [6.45, 7) is 4.54. The first-order valence-electron chi connectivity index (χ1n) is 4.15. The molecular formula is C8H14ClN3O. The highest BCUT2D eigenvalue weighted by Crippen LogP contribution is 2.07. The fourth-order valence-electron chi connectivity index (χ4n) is 0.614. The van der Waals surface area contributed by atoms with Crippen LogP contribution in [0.5, 0.6) is 0 Å². The van der Waals surface area contributed by atoms with E-state index in [0.29, 0.717) is 17.5 Å². The van der Waals surface area contributed by atoms with Crippen LogP contribution in [0, 0.1) is 0 Å². The van der Waals surface area contributed by atoms with E-state index in [-0.39, 0.29) is 6.61 Å². The topological polar surface area (TPSA) is 58.0 Å². The monoisotopic (exact) mass is 203 g/mol. The lowest BCUT2D eigenvalue weighted by Crippen LogP contribution is -2.06. The lowest BCUT2D eigenvalue weighted by atomic mass is 10.5. The first-order valence-corrected chi connectivity index (χ1v) is 4.53. The lowest BCUT2D eigenvalue weighted by Gasteiger charge is -2.01. The maximum absolute atomic E-state index is 8.46. The normalized spacial score (nSPS) is 8.62. The molecule has 0 aliphatic carbocycles. The smallest absolute Gasteiger partial charge is 0.134 e. The van der Waals surface area contributed by atoms with Crippen LogP contribution < -0.4 is 5.32 Å². The Hall–Kier alpha value is -0.870. The molecule has 1 aromatic rings. The molecule has 13 heavy (non-hydrogen) atoms. The van der Waals surface area contributed by atoms with Gasteiger partial charge in [-0.1, -0.05) is 25.4 Å². The third-order valence-electron chi connectivity index (χ3n) is 1.05. The van der Waals surface area contributed by atoms with E-state index < -0.39 is 0 Å². The number of nitrogens with zero attached hydrogens (tertiary/aromatic N) is 2. The molecule has 4 nitrogen and oxygen atoms in total. The summed E-state index contributed by atoms with van der Waals surface area (Å²) in [4.78, 5) is 7.56. The molecule has 0 bridgehead atoms. The number of anilines is 1. The molecule has 0 unspecified atom stereocenters. The molecule has 0 atom stereocenters. The minimum atomic E-state index is 0.0711. The van der Waals surface area contributed by atoms with Crippen molar-refractivity contribution in [2.24, 2.45) is 0 Å². The summed E-state index contributed by atoms with van der Waals surface area (Å²) in [6.07, 6.45) is 1.36. The van der Waals surface area contributed by atoms with Crippen LogP contribution in [0.3, 0.4) is 0 Å². The van der Waals surface area contributed by atoms with Crippen LogP contribution in [0.2, 0.25) is 5.15 Å². The molecule has 0 amide bonds. The number of aromatic nitrogens is 2. The van der Waals surface area contributed by atoms with E-state index in [9.17, 15) is 0 Å². The number of halogens is 1. The van der Waals surface area contributed by atoms with Gasteiger partial charge in [-0.15, -0.1) is 0 Å². The van der Waals surface area contributed by atoms with Crippen molar-refractivity contribution in [2.45, 2.75) is 13.8 Å². The number of hydrogen-bond acceptors (Lipinski definition) is 4. The Labute approximate surface area is 83.0 Å². The SMILES string of the molecule is CC.OCCNc1cc(Cl)ncn1. The van der Waals surface area contributed by atoms with Crippen LogP contribution in [0.4, 0.5) is 5.82 Å². The summed E-state index contributed by atoms with van der Waals surface area (Å²) in [7, 11) is 0. The molecule has 0 spiro atoms. The van der Waals surface area contributed by atoms with Crippen molar-refractivity contribution in [1.82, 2.24) is 9.97 Å². The van der Waals surface area contributed by atoms with E-state index in [1.165, 1.54) is 6.33 Å². The molecule has 0 aliphatic heterocycles. The second-order valence-corrected chi connectivity index (χ2v) is 2.26. The molecule has 74 valence electrons. The first kappa shape index (κ1) is 12.1. The van der Waals surface area contributed by atoms with Gasteiger partial charge in [0.2, 0.25) is 0 Å². The van der Waals surface area contributed by atoms with Crippen molar-refractivity contribution in [1.29, 1.82) is 0 Å². The average molecular weight is 204 g/mol. The summed E-state index contributed by atoms with van der Waals surface area (Å²) in [5.74, 6) is 0.624. The van der Waals surface area contributed by atoms with Gasteiger partial charge in [-0.2, -0.15) is 0 Å². The molecule has 0 radical (unpaired) electrons. The second-order valence-electron chi connectivity index (χ2n) is 1.88. The molecule has 1 rings (SSSR count). The van der Waals surface area contributed by atoms with Crippen LogP contribution in [0.25, 0.3) is 0 Å². The van der Waals surface area contributed by atoms with Crippen LogP contribution in [-0.2, 0) is 0 Å². The third kappa shape index (κ3) is 5.38.